The third kappa shape index (κ3) is 5.78. The minimum Gasteiger partial charge on any atom is -0.462 e. The van der Waals surface area contributed by atoms with E-state index in [0.717, 1.165) is 45.5 Å². The van der Waals surface area contributed by atoms with E-state index in [1.807, 2.05) is 42.0 Å². The van der Waals surface area contributed by atoms with E-state index in [0.29, 0.717) is 23.7 Å². The molecule has 208 valence electrons. The molecule has 0 spiro atoms. The molecule has 2 N–H and O–H groups in total. The van der Waals surface area contributed by atoms with E-state index in [1.165, 1.54) is 35.2 Å². The van der Waals surface area contributed by atoms with Crippen LogP contribution in [0, 0.1) is 5.82 Å². The summed E-state index contributed by atoms with van der Waals surface area (Å²) in [5, 5.41) is 6.90. The Morgan fingerprint density at radius 3 is 2.70 bits per heavy atom. The van der Waals surface area contributed by atoms with Gasteiger partial charge in [0.05, 0.1) is 23.0 Å². The molecule has 2 aromatic carbocycles. The number of ether oxygens (including phenoxy) is 1. The van der Waals surface area contributed by atoms with Crippen molar-refractivity contribution in [2.75, 3.05) is 18.5 Å². The number of carbonyl (C=O) groups excluding carboxylic acids is 3. The lowest BCUT2D eigenvalue weighted by Crippen LogP contribution is -2.27. The Kier molecular flexibility index (Phi) is 8.56. The average molecular weight is 580 g/mol. The summed E-state index contributed by atoms with van der Waals surface area (Å²) in [5.41, 5.74) is 2.48. The molecule has 1 aliphatic rings. The van der Waals surface area contributed by atoms with Gasteiger partial charge in [-0.25, -0.2) is 9.18 Å². The highest BCUT2D eigenvalue weighted by Crippen LogP contribution is 2.40. The van der Waals surface area contributed by atoms with E-state index in [-0.39, 0.29) is 24.0 Å². The Bertz CT molecular complexity index is 1580. The van der Waals surface area contributed by atoms with Crippen molar-refractivity contribution in [1.29, 1.82) is 0 Å². The molecule has 1 aliphatic carbocycles. The summed E-state index contributed by atoms with van der Waals surface area (Å²) >= 11 is 2.90. The molecule has 2 aromatic heterocycles. The van der Waals surface area contributed by atoms with Crippen LogP contribution in [-0.4, -0.2) is 40.8 Å². The minimum atomic E-state index is -0.557. The number of anilines is 1. The molecular weight excluding hydrogens is 549 g/mol. The molecule has 7 nitrogen and oxygen atoms in total. The number of esters is 1. The number of benzene rings is 2. The highest BCUT2D eigenvalue weighted by molar-refractivity contribution is 8.00. The van der Waals surface area contributed by atoms with Crippen LogP contribution in [0.4, 0.5) is 9.39 Å². The molecule has 0 fully saturated rings. The Balaban J connectivity index is 1.28. The van der Waals surface area contributed by atoms with E-state index in [1.54, 1.807) is 19.1 Å². The first kappa shape index (κ1) is 27.9. The molecule has 0 radical (unpaired) electrons. The summed E-state index contributed by atoms with van der Waals surface area (Å²) in [7, 11) is 0. The second-order valence-electron chi connectivity index (χ2n) is 9.47. The first-order chi connectivity index (χ1) is 19.4. The number of halogens is 1. The lowest BCUT2D eigenvalue weighted by Gasteiger charge is -2.12. The third-order valence-corrected chi connectivity index (χ3v) is 9.17. The van der Waals surface area contributed by atoms with E-state index < -0.39 is 17.0 Å². The number of thioether (sulfide) groups is 1. The molecule has 0 aliphatic heterocycles. The zero-order valence-corrected chi connectivity index (χ0v) is 23.9. The fourth-order valence-electron chi connectivity index (χ4n) is 4.89. The number of nitrogens with one attached hydrogen (secondary N) is 2. The number of rotatable bonds is 10. The highest BCUT2D eigenvalue weighted by Gasteiger charge is 2.29. The molecule has 5 rings (SSSR count). The van der Waals surface area contributed by atoms with Crippen molar-refractivity contribution in [3.8, 4) is 0 Å². The molecule has 0 unspecified atom stereocenters. The Hall–Kier alpha value is -3.63. The van der Waals surface area contributed by atoms with Crippen molar-refractivity contribution >= 4 is 56.8 Å². The molecule has 40 heavy (non-hydrogen) atoms. The van der Waals surface area contributed by atoms with Gasteiger partial charge in [-0.15, -0.1) is 23.1 Å². The zero-order valence-electron chi connectivity index (χ0n) is 22.3. The van der Waals surface area contributed by atoms with Gasteiger partial charge in [0.1, 0.15) is 10.8 Å². The monoisotopic (exact) mass is 579 g/mol. The normalized spacial score (nSPS) is 13.2. The largest absolute Gasteiger partial charge is 0.462 e. The number of para-hydroxylation sites is 1. The van der Waals surface area contributed by atoms with Gasteiger partial charge in [-0.2, -0.15) is 0 Å². The van der Waals surface area contributed by atoms with Crippen LogP contribution < -0.4 is 10.6 Å². The molecule has 0 saturated heterocycles. The molecule has 10 heteroatoms. The lowest BCUT2D eigenvalue weighted by molar-refractivity contribution is -0.115. The maximum atomic E-state index is 13.9. The van der Waals surface area contributed by atoms with Gasteiger partial charge in [0.2, 0.25) is 5.91 Å². The predicted molar refractivity (Wildman–Crippen MR) is 157 cm³/mol. The summed E-state index contributed by atoms with van der Waals surface area (Å²) in [4.78, 5) is 40.4. The summed E-state index contributed by atoms with van der Waals surface area (Å²) < 4.78 is 21.2. The van der Waals surface area contributed by atoms with Gasteiger partial charge < -0.3 is 19.9 Å². The first-order valence-corrected chi connectivity index (χ1v) is 15.0. The van der Waals surface area contributed by atoms with Gasteiger partial charge in [0, 0.05) is 40.0 Å². The van der Waals surface area contributed by atoms with Gasteiger partial charge >= 0.3 is 5.97 Å². The number of aryl methyl sites for hydroxylation is 1. The molecule has 0 saturated carbocycles. The lowest BCUT2D eigenvalue weighted by atomic mass is 10.1. The van der Waals surface area contributed by atoms with Crippen LogP contribution in [0.1, 0.15) is 51.4 Å². The van der Waals surface area contributed by atoms with E-state index in [9.17, 15) is 18.8 Å². The molecular formula is C30H30FN3O4S2. The summed E-state index contributed by atoms with van der Waals surface area (Å²) in [5.74, 6) is -1.60. The standard InChI is InChI=1S/C30H30FN3O4S2/c1-3-38-30(37)26-21-11-8-14-24(21)40-29(26)33-27(35)18(2)39-25-17-34(23-13-7-5-10-20(23)25)16-15-32-28(36)19-9-4-6-12-22(19)31/h4-7,9-10,12-13,17-18H,3,8,11,14-16H2,1-2H3,(H,32,36)(H,33,35)/t18-/m0/s1. The van der Waals surface area contributed by atoms with Gasteiger partial charge in [0.15, 0.2) is 0 Å². The SMILES string of the molecule is CCOC(=O)c1c(NC(=O)[C@H](C)Sc2cn(CCNC(=O)c3ccccc3F)c3ccccc23)sc2c1CCC2. The molecule has 2 heterocycles. The van der Waals surface area contributed by atoms with Crippen LogP contribution in [0.15, 0.2) is 59.6 Å². The van der Waals surface area contributed by atoms with Gasteiger partial charge in [0.25, 0.3) is 5.91 Å². The third-order valence-electron chi connectivity index (χ3n) is 6.82. The van der Waals surface area contributed by atoms with Gasteiger partial charge in [-0.05, 0) is 56.9 Å². The average Bonchev–Trinajstić information content (AvgIpc) is 3.62. The number of hydrogen-bond donors (Lipinski definition) is 2. The topological polar surface area (TPSA) is 89.4 Å². The first-order valence-electron chi connectivity index (χ1n) is 13.3. The van der Waals surface area contributed by atoms with Crippen LogP contribution in [0.25, 0.3) is 10.9 Å². The van der Waals surface area contributed by atoms with Crippen molar-refractivity contribution < 1.29 is 23.5 Å². The maximum Gasteiger partial charge on any atom is 0.341 e. The maximum absolute atomic E-state index is 13.9. The van der Waals surface area contributed by atoms with Gasteiger partial charge in [-0.3, -0.25) is 9.59 Å². The fraction of sp³-hybridized carbons (Fsp3) is 0.300. The molecule has 1 atom stereocenters. The van der Waals surface area contributed by atoms with Crippen molar-refractivity contribution in [3.63, 3.8) is 0 Å². The van der Waals surface area contributed by atoms with Crippen molar-refractivity contribution in [2.24, 2.45) is 0 Å². The Labute approximate surface area is 240 Å². The number of aromatic nitrogens is 1. The minimum absolute atomic E-state index is 0.0121. The summed E-state index contributed by atoms with van der Waals surface area (Å²) in [6.45, 7) is 4.68. The molecule has 4 aromatic rings. The zero-order chi connectivity index (χ0) is 28.2. The van der Waals surface area contributed by atoms with E-state index in [4.69, 9.17) is 4.74 Å². The van der Waals surface area contributed by atoms with Crippen LogP contribution in [0.5, 0.6) is 0 Å². The second kappa shape index (κ2) is 12.3. The fourth-order valence-corrected chi connectivity index (χ4v) is 7.21. The number of carbonyl (C=O) groups is 3. The number of nitrogens with zero attached hydrogens (tertiary/aromatic N) is 1. The quantitative estimate of drug-likeness (QED) is 0.176. The Morgan fingerprint density at radius 2 is 1.90 bits per heavy atom. The summed E-state index contributed by atoms with van der Waals surface area (Å²) in [6.07, 6.45) is 4.70. The van der Waals surface area contributed by atoms with E-state index in [2.05, 4.69) is 10.6 Å². The Morgan fingerprint density at radius 1 is 1.12 bits per heavy atom. The van der Waals surface area contributed by atoms with Crippen molar-refractivity contribution in [3.05, 3.63) is 82.1 Å². The highest BCUT2D eigenvalue weighted by atomic mass is 32.2. The number of fused-ring (bicyclic) bond motifs is 2. The van der Waals surface area contributed by atoms with Crippen LogP contribution in [-0.2, 0) is 28.9 Å². The second-order valence-corrected chi connectivity index (χ2v) is 12.0. The number of amides is 2. The number of hydrogen-bond acceptors (Lipinski definition) is 6. The van der Waals surface area contributed by atoms with Crippen molar-refractivity contribution in [2.45, 2.75) is 49.8 Å². The molecule has 2 amide bonds. The number of thiophene rings is 1. The van der Waals surface area contributed by atoms with Crippen LogP contribution in [0.2, 0.25) is 0 Å². The molecule has 0 bridgehead atoms. The smallest absolute Gasteiger partial charge is 0.341 e. The predicted octanol–water partition coefficient (Wildman–Crippen LogP) is 6.06. The van der Waals surface area contributed by atoms with E-state index >= 15 is 0 Å². The van der Waals surface area contributed by atoms with Gasteiger partial charge in [-0.1, -0.05) is 30.3 Å². The van der Waals surface area contributed by atoms with Crippen LogP contribution >= 0.6 is 23.1 Å². The van der Waals surface area contributed by atoms with Crippen LogP contribution in [0.3, 0.4) is 0 Å². The summed E-state index contributed by atoms with van der Waals surface area (Å²) in [6, 6.07) is 13.8. The van der Waals surface area contributed by atoms with Crippen molar-refractivity contribution in [1.82, 2.24) is 9.88 Å².